The Balaban J connectivity index is 1.69. The molecule has 10 nitrogen and oxygen atoms in total. The van der Waals surface area contributed by atoms with Crippen LogP contribution in [0.2, 0.25) is 0 Å². The Morgan fingerprint density at radius 2 is 1.96 bits per heavy atom. The molecule has 1 aromatic carbocycles. The van der Waals surface area contributed by atoms with Crippen LogP contribution in [0.1, 0.15) is 24.2 Å². The van der Waals surface area contributed by atoms with E-state index in [1.54, 1.807) is 19.1 Å². The van der Waals surface area contributed by atoms with Gasteiger partial charge in [0, 0.05) is 23.7 Å². The number of nitrogens with one attached hydrogen (secondary N) is 2. The Bertz CT molecular complexity index is 862. The van der Waals surface area contributed by atoms with Gasteiger partial charge in [0.05, 0.1) is 24.2 Å². The summed E-state index contributed by atoms with van der Waals surface area (Å²) in [5.41, 5.74) is 0.547. The first-order valence-electron chi connectivity index (χ1n) is 8.34. The van der Waals surface area contributed by atoms with Crippen molar-refractivity contribution in [2.45, 2.75) is 26.3 Å². The monoisotopic (exact) mass is 389 g/mol. The average Bonchev–Trinajstić information content (AvgIpc) is 3.18. The van der Waals surface area contributed by atoms with Gasteiger partial charge in [0.1, 0.15) is 5.76 Å². The van der Waals surface area contributed by atoms with E-state index in [9.17, 15) is 24.5 Å². The number of hydrogen-bond donors (Lipinski definition) is 2. The predicted molar refractivity (Wildman–Crippen MR) is 97.2 cm³/mol. The number of nitro groups is 1. The van der Waals surface area contributed by atoms with Gasteiger partial charge < -0.3 is 19.8 Å². The second kappa shape index (κ2) is 9.86. The SMILES string of the molecule is Cc1ccc(NC(=O)COC(=O)CCC(=O)NCc2ccco2)cc1[N+](=O)[O-]. The standard InChI is InChI=1S/C18H19N3O7/c1-12-4-5-13(9-15(12)21(25)26)20-17(23)11-28-18(24)7-6-16(22)19-10-14-3-2-8-27-14/h2-5,8-9H,6-7,10-11H2,1H3,(H,19,22)(H,20,23). The van der Waals surface area contributed by atoms with E-state index >= 15 is 0 Å². The first-order valence-corrected chi connectivity index (χ1v) is 8.34. The Hall–Kier alpha value is -3.69. The summed E-state index contributed by atoms with van der Waals surface area (Å²) < 4.78 is 9.86. The van der Waals surface area contributed by atoms with E-state index in [0.717, 1.165) is 0 Å². The summed E-state index contributed by atoms with van der Waals surface area (Å²) in [4.78, 5) is 45.4. The number of aryl methyl sites for hydroxylation is 1. The van der Waals surface area contributed by atoms with Crippen molar-refractivity contribution in [3.8, 4) is 0 Å². The van der Waals surface area contributed by atoms with Crippen molar-refractivity contribution in [3.05, 3.63) is 58.0 Å². The summed E-state index contributed by atoms with van der Waals surface area (Å²) in [5.74, 6) is -1.12. The third-order valence-electron chi connectivity index (χ3n) is 3.65. The highest BCUT2D eigenvalue weighted by Crippen LogP contribution is 2.22. The molecule has 28 heavy (non-hydrogen) atoms. The van der Waals surface area contributed by atoms with Gasteiger partial charge in [0.2, 0.25) is 5.91 Å². The van der Waals surface area contributed by atoms with Gasteiger partial charge in [-0.1, -0.05) is 6.07 Å². The van der Waals surface area contributed by atoms with Gasteiger partial charge in [-0.15, -0.1) is 0 Å². The number of ether oxygens (including phenoxy) is 1. The molecule has 0 saturated heterocycles. The van der Waals surface area contributed by atoms with Crippen molar-refractivity contribution >= 4 is 29.2 Å². The van der Waals surface area contributed by atoms with E-state index < -0.39 is 23.4 Å². The normalized spacial score (nSPS) is 10.2. The second-order valence-corrected chi connectivity index (χ2v) is 5.82. The highest BCUT2D eigenvalue weighted by molar-refractivity contribution is 5.93. The number of amides is 2. The number of esters is 1. The van der Waals surface area contributed by atoms with Crippen molar-refractivity contribution in [2.24, 2.45) is 0 Å². The largest absolute Gasteiger partial charge is 0.467 e. The van der Waals surface area contributed by atoms with E-state index in [1.165, 1.54) is 24.5 Å². The number of benzene rings is 1. The van der Waals surface area contributed by atoms with Gasteiger partial charge in [-0.05, 0) is 25.1 Å². The van der Waals surface area contributed by atoms with Crippen LogP contribution in [0.25, 0.3) is 0 Å². The maximum absolute atomic E-state index is 11.8. The van der Waals surface area contributed by atoms with E-state index in [0.29, 0.717) is 11.3 Å². The van der Waals surface area contributed by atoms with Crippen molar-refractivity contribution in [3.63, 3.8) is 0 Å². The number of carbonyl (C=O) groups excluding carboxylic acids is 3. The predicted octanol–water partition coefficient (Wildman–Crippen LogP) is 2.07. The molecule has 1 aromatic heterocycles. The van der Waals surface area contributed by atoms with E-state index in [1.807, 2.05) is 0 Å². The Morgan fingerprint density at radius 3 is 2.64 bits per heavy atom. The summed E-state index contributed by atoms with van der Waals surface area (Å²) in [5, 5.41) is 15.9. The molecule has 148 valence electrons. The number of carbonyl (C=O) groups is 3. The van der Waals surface area contributed by atoms with Gasteiger partial charge in [-0.2, -0.15) is 0 Å². The minimum atomic E-state index is -0.710. The zero-order chi connectivity index (χ0) is 20.5. The fourth-order valence-electron chi connectivity index (χ4n) is 2.20. The number of rotatable bonds is 9. The fraction of sp³-hybridized carbons (Fsp3) is 0.278. The molecule has 0 unspecified atom stereocenters. The molecule has 2 amide bonds. The molecule has 0 spiro atoms. The molecule has 0 aliphatic carbocycles. The lowest BCUT2D eigenvalue weighted by molar-refractivity contribution is -0.385. The van der Waals surface area contributed by atoms with E-state index in [-0.39, 0.29) is 36.7 Å². The molecular weight excluding hydrogens is 370 g/mol. The van der Waals surface area contributed by atoms with Crippen LogP contribution in [0.3, 0.4) is 0 Å². The van der Waals surface area contributed by atoms with Crippen LogP contribution in [0, 0.1) is 17.0 Å². The molecule has 10 heteroatoms. The molecule has 2 N–H and O–H groups in total. The summed E-state index contributed by atoms with van der Waals surface area (Å²) in [6, 6.07) is 7.62. The minimum Gasteiger partial charge on any atom is -0.467 e. The number of nitro benzene ring substituents is 1. The number of furan rings is 1. The van der Waals surface area contributed by atoms with Crippen LogP contribution in [0.4, 0.5) is 11.4 Å². The summed E-state index contributed by atoms with van der Waals surface area (Å²) >= 11 is 0. The van der Waals surface area contributed by atoms with Crippen LogP contribution in [0.15, 0.2) is 41.0 Å². The molecule has 0 fully saturated rings. The molecule has 0 atom stereocenters. The highest BCUT2D eigenvalue weighted by Gasteiger charge is 2.14. The van der Waals surface area contributed by atoms with Crippen LogP contribution >= 0.6 is 0 Å². The van der Waals surface area contributed by atoms with Gasteiger partial charge >= 0.3 is 5.97 Å². The summed E-state index contributed by atoms with van der Waals surface area (Å²) in [7, 11) is 0. The van der Waals surface area contributed by atoms with Crippen molar-refractivity contribution < 1.29 is 28.5 Å². The van der Waals surface area contributed by atoms with Gasteiger partial charge in [0.25, 0.3) is 11.6 Å². The summed E-state index contributed by atoms with van der Waals surface area (Å²) in [6.45, 7) is 1.23. The smallest absolute Gasteiger partial charge is 0.306 e. The molecule has 0 aliphatic rings. The van der Waals surface area contributed by atoms with Crippen molar-refractivity contribution in [1.29, 1.82) is 0 Å². The molecule has 0 saturated carbocycles. The maximum Gasteiger partial charge on any atom is 0.306 e. The maximum atomic E-state index is 11.8. The van der Waals surface area contributed by atoms with Crippen LogP contribution in [-0.2, 0) is 25.7 Å². The van der Waals surface area contributed by atoms with E-state index in [2.05, 4.69) is 10.6 Å². The van der Waals surface area contributed by atoms with Crippen molar-refractivity contribution in [1.82, 2.24) is 5.32 Å². The molecule has 0 bridgehead atoms. The Kier molecular flexibility index (Phi) is 7.26. The molecule has 2 rings (SSSR count). The van der Waals surface area contributed by atoms with E-state index in [4.69, 9.17) is 9.15 Å². The lowest BCUT2D eigenvalue weighted by atomic mass is 10.2. The minimum absolute atomic E-state index is 0.0919. The molecule has 1 heterocycles. The van der Waals surface area contributed by atoms with Gasteiger partial charge in [0.15, 0.2) is 6.61 Å². The third-order valence-corrected chi connectivity index (χ3v) is 3.65. The Morgan fingerprint density at radius 1 is 1.18 bits per heavy atom. The van der Waals surface area contributed by atoms with Gasteiger partial charge in [-0.3, -0.25) is 24.5 Å². The number of anilines is 1. The van der Waals surface area contributed by atoms with Crippen LogP contribution < -0.4 is 10.6 Å². The molecule has 0 radical (unpaired) electrons. The highest BCUT2D eigenvalue weighted by atomic mass is 16.6. The zero-order valence-corrected chi connectivity index (χ0v) is 15.1. The fourth-order valence-corrected chi connectivity index (χ4v) is 2.20. The number of hydrogen-bond acceptors (Lipinski definition) is 7. The van der Waals surface area contributed by atoms with Crippen LogP contribution in [-0.4, -0.2) is 29.3 Å². The average molecular weight is 389 g/mol. The number of nitrogens with zero attached hydrogens (tertiary/aromatic N) is 1. The van der Waals surface area contributed by atoms with Crippen molar-refractivity contribution in [2.75, 3.05) is 11.9 Å². The molecular formula is C18H19N3O7. The lowest BCUT2D eigenvalue weighted by Gasteiger charge is -2.07. The first-order chi connectivity index (χ1) is 13.3. The van der Waals surface area contributed by atoms with Gasteiger partial charge in [-0.25, -0.2) is 0 Å². The Labute approximate surface area is 160 Å². The molecule has 2 aromatic rings. The van der Waals surface area contributed by atoms with Crippen LogP contribution in [0.5, 0.6) is 0 Å². The third kappa shape index (κ3) is 6.56. The zero-order valence-electron chi connectivity index (χ0n) is 15.1. The topological polar surface area (TPSA) is 141 Å². The lowest BCUT2D eigenvalue weighted by Crippen LogP contribution is -2.24. The summed E-state index contributed by atoms with van der Waals surface area (Å²) in [6.07, 6.45) is 1.21. The first kappa shape index (κ1) is 20.6. The second-order valence-electron chi connectivity index (χ2n) is 5.82. The molecule has 0 aliphatic heterocycles. The quantitative estimate of drug-likeness (QED) is 0.380.